The summed E-state index contributed by atoms with van der Waals surface area (Å²) in [6, 6.07) is 13.5. The third-order valence-corrected chi connectivity index (χ3v) is 6.00. The number of carbonyl (C=O) groups is 1. The van der Waals surface area contributed by atoms with E-state index in [1.165, 1.54) is 6.08 Å². The molecule has 0 fully saturated rings. The quantitative estimate of drug-likeness (QED) is 0.451. The molecule has 9 heteroatoms. The summed E-state index contributed by atoms with van der Waals surface area (Å²) >= 11 is 0. The molecule has 0 radical (unpaired) electrons. The van der Waals surface area contributed by atoms with Crippen LogP contribution in [0.5, 0.6) is 5.75 Å². The minimum Gasteiger partial charge on any atom is -0.489 e. The van der Waals surface area contributed by atoms with Crippen molar-refractivity contribution in [2.45, 2.75) is 26.2 Å². The lowest BCUT2D eigenvalue weighted by Crippen LogP contribution is -2.25. The fourth-order valence-corrected chi connectivity index (χ4v) is 4.04. The number of amides is 1. The summed E-state index contributed by atoms with van der Waals surface area (Å²) < 4.78 is 37.3. The van der Waals surface area contributed by atoms with Gasteiger partial charge in [0.25, 0.3) is 5.91 Å². The van der Waals surface area contributed by atoms with Crippen LogP contribution in [0.25, 0.3) is 0 Å². The molecule has 0 aliphatic carbocycles. The van der Waals surface area contributed by atoms with E-state index in [4.69, 9.17) is 9.26 Å². The SMILES string of the molecule is C=CCNS(=O)(=O)Cc1ccc(NC(=O)c2cccc(OCc3c(C)noc3C)c2)cc1. The summed E-state index contributed by atoms with van der Waals surface area (Å²) in [5, 5.41) is 6.70. The van der Waals surface area contributed by atoms with Gasteiger partial charge in [-0.1, -0.05) is 29.4 Å². The van der Waals surface area contributed by atoms with Crippen molar-refractivity contribution >= 4 is 21.6 Å². The van der Waals surface area contributed by atoms with E-state index in [9.17, 15) is 13.2 Å². The van der Waals surface area contributed by atoms with Gasteiger partial charge in [0, 0.05) is 17.8 Å². The van der Waals surface area contributed by atoms with Crippen LogP contribution >= 0.6 is 0 Å². The zero-order valence-electron chi connectivity index (χ0n) is 17.9. The molecule has 0 unspecified atom stereocenters. The number of ether oxygens (including phenoxy) is 1. The Morgan fingerprint density at radius 1 is 1.19 bits per heavy atom. The van der Waals surface area contributed by atoms with Crippen LogP contribution < -0.4 is 14.8 Å². The molecule has 1 aromatic heterocycles. The molecule has 3 aromatic rings. The highest BCUT2D eigenvalue weighted by Crippen LogP contribution is 2.20. The Morgan fingerprint density at radius 2 is 1.94 bits per heavy atom. The number of rotatable bonds is 10. The fourth-order valence-electron chi connectivity index (χ4n) is 2.93. The van der Waals surface area contributed by atoms with Gasteiger partial charge in [0.05, 0.1) is 17.0 Å². The minimum absolute atomic E-state index is 0.153. The van der Waals surface area contributed by atoms with Gasteiger partial charge in [-0.3, -0.25) is 4.79 Å². The van der Waals surface area contributed by atoms with E-state index in [1.54, 1.807) is 48.5 Å². The van der Waals surface area contributed by atoms with Crippen LogP contribution in [0.3, 0.4) is 0 Å². The van der Waals surface area contributed by atoms with Crippen LogP contribution in [-0.2, 0) is 22.4 Å². The van der Waals surface area contributed by atoms with E-state index in [-0.39, 0.29) is 24.8 Å². The Balaban J connectivity index is 1.61. The second-order valence-electron chi connectivity index (χ2n) is 7.17. The molecule has 1 amide bonds. The molecule has 1 heterocycles. The summed E-state index contributed by atoms with van der Waals surface area (Å²) in [4.78, 5) is 12.6. The molecule has 0 aliphatic rings. The average molecular weight is 456 g/mol. The van der Waals surface area contributed by atoms with Crippen molar-refractivity contribution in [3.8, 4) is 5.75 Å². The predicted molar refractivity (Wildman–Crippen MR) is 122 cm³/mol. The topological polar surface area (TPSA) is 111 Å². The summed E-state index contributed by atoms with van der Waals surface area (Å²) in [5.41, 5.74) is 3.24. The van der Waals surface area contributed by atoms with Gasteiger partial charge in [-0.15, -0.1) is 6.58 Å². The Hall–Kier alpha value is -3.43. The number of anilines is 1. The molecule has 2 N–H and O–H groups in total. The first kappa shape index (κ1) is 23.2. The first-order valence-corrected chi connectivity index (χ1v) is 11.6. The van der Waals surface area contributed by atoms with Gasteiger partial charge >= 0.3 is 0 Å². The van der Waals surface area contributed by atoms with Crippen LogP contribution in [0.1, 0.15) is 32.9 Å². The third kappa shape index (κ3) is 6.29. The highest BCUT2D eigenvalue weighted by molar-refractivity contribution is 7.88. The molecule has 3 rings (SSSR count). The molecule has 0 saturated heterocycles. The zero-order chi connectivity index (χ0) is 23.1. The first-order valence-electron chi connectivity index (χ1n) is 9.90. The average Bonchev–Trinajstić information content (AvgIpc) is 3.09. The smallest absolute Gasteiger partial charge is 0.255 e. The van der Waals surface area contributed by atoms with Gasteiger partial charge < -0.3 is 14.6 Å². The van der Waals surface area contributed by atoms with Gasteiger partial charge in [0.2, 0.25) is 10.0 Å². The van der Waals surface area contributed by atoms with Crippen LogP contribution in [0, 0.1) is 13.8 Å². The number of sulfonamides is 1. The van der Waals surface area contributed by atoms with Gasteiger partial charge in [0.15, 0.2) is 0 Å². The van der Waals surface area contributed by atoms with Crippen molar-refractivity contribution in [2.75, 3.05) is 11.9 Å². The van der Waals surface area contributed by atoms with Crippen LogP contribution in [-0.4, -0.2) is 26.0 Å². The fraction of sp³-hybridized carbons (Fsp3) is 0.217. The molecule has 0 bridgehead atoms. The maximum absolute atomic E-state index is 12.6. The third-order valence-electron chi connectivity index (χ3n) is 4.68. The Labute approximate surface area is 187 Å². The summed E-state index contributed by atoms with van der Waals surface area (Å²) in [6.07, 6.45) is 1.48. The standard InChI is InChI=1S/C23H25N3O5S/c1-4-12-24-32(28,29)15-18-8-10-20(11-9-18)25-23(27)19-6-5-7-21(13-19)30-14-22-16(2)26-31-17(22)3/h4-11,13,24H,1,12,14-15H2,2-3H3,(H,25,27). The van der Waals surface area contributed by atoms with Crippen LogP contribution in [0.2, 0.25) is 0 Å². The largest absolute Gasteiger partial charge is 0.489 e. The van der Waals surface area contributed by atoms with E-state index >= 15 is 0 Å². The normalized spacial score (nSPS) is 11.2. The maximum Gasteiger partial charge on any atom is 0.255 e. The highest BCUT2D eigenvalue weighted by atomic mass is 32.2. The van der Waals surface area contributed by atoms with Gasteiger partial charge in [-0.2, -0.15) is 0 Å². The summed E-state index contributed by atoms with van der Waals surface area (Å²) in [6.45, 7) is 7.62. The highest BCUT2D eigenvalue weighted by Gasteiger charge is 2.13. The number of hydrogen-bond acceptors (Lipinski definition) is 6. The minimum atomic E-state index is -3.44. The lowest BCUT2D eigenvalue weighted by Gasteiger charge is -2.10. The number of carbonyl (C=O) groups excluding carboxylic acids is 1. The van der Waals surface area contributed by atoms with Gasteiger partial charge in [0.1, 0.15) is 18.1 Å². The number of nitrogens with zero attached hydrogens (tertiary/aromatic N) is 1. The molecule has 168 valence electrons. The molecule has 8 nitrogen and oxygen atoms in total. The van der Waals surface area contributed by atoms with Crippen molar-refractivity contribution in [1.82, 2.24) is 9.88 Å². The van der Waals surface area contributed by atoms with Crippen molar-refractivity contribution < 1.29 is 22.5 Å². The van der Waals surface area contributed by atoms with Crippen LogP contribution in [0.15, 0.2) is 65.7 Å². The molecular weight excluding hydrogens is 430 g/mol. The second kappa shape index (κ2) is 10.3. The lowest BCUT2D eigenvalue weighted by atomic mass is 10.2. The Kier molecular flexibility index (Phi) is 7.45. The number of aryl methyl sites for hydroxylation is 2. The number of aromatic nitrogens is 1. The summed E-state index contributed by atoms with van der Waals surface area (Å²) in [7, 11) is -3.44. The van der Waals surface area contributed by atoms with Crippen molar-refractivity contribution in [3.63, 3.8) is 0 Å². The predicted octanol–water partition coefficient (Wildman–Crippen LogP) is 3.73. The van der Waals surface area contributed by atoms with Gasteiger partial charge in [-0.25, -0.2) is 13.1 Å². The lowest BCUT2D eigenvalue weighted by molar-refractivity contribution is 0.102. The monoisotopic (exact) mass is 455 g/mol. The van der Waals surface area contributed by atoms with Crippen molar-refractivity contribution in [3.05, 3.63) is 89.3 Å². The van der Waals surface area contributed by atoms with E-state index in [0.29, 0.717) is 28.3 Å². The molecule has 32 heavy (non-hydrogen) atoms. The van der Waals surface area contributed by atoms with E-state index < -0.39 is 10.0 Å². The van der Waals surface area contributed by atoms with E-state index in [1.807, 2.05) is 13.8 Å². The van der Waals surface area contributed by atoms with Crippen molar-refractivity contribution in [1.29, 1.82) is 0 Å². The number of nitrogens with one attached hydrogen (secondary N) is 2. The molecule has 0 aliphatic heterocycles. The van der Waals surface area contributed by atoms with Crippen LogP contribution in [0.4, 0.5) is 5.69 Å². The summed E-state index contributed by atoms with van der Waals surface area (Å²) in [5.74, 6) is 0.787. The first-order chi connectivity index (χ1) is 15.3. The molecule has 0 atom stereocenters. The van der Waals surface area contributed by atoms with E-state index in [0.717, 1.165) is 11.3 Å². The second-order valence-corrected chi connectivity index (χ2v) is 8.97. The zero-order valence-corrected chi connectivity index (χ0v) is 18.7. The molecule has 2 aromatic carbocycles. The molecule has 0 saturated carbocycles. The Bertz CT molecular complexity index is 1180. The number of benzene rings is 2. The number of hydrogen-bond donors (Lipinski definition) is 2. The Morgan fingerprint density at radius 3 is 2.59 bits per heavy atom. The van der Waals surface area contributed by atoms with E-state index in [2.05, 4.69) is 21.8 Å². The maximum atomic E-state index is 12.6. The molecular formula is C23H25N3O5S. The van der Waals surface area contributed by atoms with Crippen molar-refractivity contribution in [2.24, 2.45) is 0 Å². The van der Waals surface area contributed by atoms with Gasteiger partial charge in [-0.05, 0) is 49.7 Å². The molecule has 0 spiro atoms.